The van der Waals surface area contributed by atoms with E-state index in [2.05, 4.69) is 20.2 Å². The first kappa shape index (κ1) is 20.5. The molecule has 0 bridgehead atoms. The highest BCUT2D eigenvalue weighted by Gasteiger charge is 2.14. The van der Waals surface area contributed by atoms with Gasteiger partial charge in [0, 0.05) is 10.9 Å². The summed E-state index contributed by atoms with van der Waals surface area (Å²) in [6.45, 7) is 2.19. The Balaban J connectivity index is 1.26. The zero-order chi connectivity index (χ0) is 21.9. The number of thiophene rings is 1. The number of benzene rings is 2. The third-order valence-corrected chi connectivity index (χ3v) is 6.41. The molecule has 3 aromatic heterocycles. The summed E-state index contributed by atoms with van der Waals surface area (Å²) < 4.78 is 11.3. The van der Waals surface area contributed by atoms with Crippen LogP contribution in [0.25, 0.3) is 21.3 Å². The molecule has 0 fully saturated rings. The Kier molecular flexibility index (Phi) is 5.74. The predicted molar refractivity (Wildman–Crippen MR) is 125 cm³/mol. The van der Waals surface area contributed by atoms with Crippen molar-refractivity contribution in [2.24, 2.45) is 0 Å². The van der Waals surface area contributed by atoms with Crippen LogP contribution >= 0.6 is 23.1 Å². The lowest BCUT2D eigenvalue weighted by atomic mass is 10.1. The van der Waals surface area contributed by atoms with Crippen molar-refractivity contribution >= 4 is 33.3 Å². The highest BCUT2D eigenvalue weighted by Crippen LogP contribution is 2.31. The first-order valence-corrected chi connectivity index (χ1v) is 11.7. The molecule has 0 radical (unpaired) electrons. The molecule has 5 rings (SSSR count). The summed E-state index contributed by atoms with van der Waals surface area (Å²) in [5.74, 6) is 2.10. The number of aromatic nitrogens is 4. The topological polar surface area (TPSA) is 93.9 Å². The van der Waals surface area contributed by atoms with Gasteiger partial charge in [-0.25, -0.2) is 4.98 Å². The molecule has 0 amide bonds. The Hall–Kier alpha value is -3.43. The van der Waals surface area contributed by atoms with Gasteiger partial charge in [0.1, 0.15) is 16.4 Å². The second-order valence-corrected chi connectivity index (χ2v) is 8.85. The minimum absolute atomic E-state index is 0.150. The predicted octanol–water partition coefficient (Wildman–Crippen LogP) is 5.21. The lowest BCUT2D eigenvalue weighted by Gasteiger charge is -2.03. The summed E-state index contributed by atoms with van der Waals surface area (Å²) in [4.78, 5) is 21.0. The molecule has 0 aliphatic carbocycles. The van der Waals surface area contributed by atoms with E-state index in [0.717, 1.165) is 22.4 Å². The Morgan fingerprint density at radius 3 is 2.84 bits per heavy atom. The van der Waals surface area contributed by atoms with E-state index in [4.69, 9.17) is 9.15 Å². The normalized spacial score (nSPS) is 11.2. The van der Waals surface area contributed by atoms with Crippen LogP contribution in [0.4, 0.5) is 0 Å². The van der Waals surface area contributed by atoms with E-state index < -0.39 is 0 Å². The van der Waals surface area contributed by atoms with Crippen molar-refractivity contribution in [1.82, 2.24) is 20.2 Å². The highest BCUT2D eigenvalue weighted by molar-refractivity contribution is 7.98. The minimum Gasteiger partial charge on any atom is -0.484 e. The average Bonchev–Trinajstić information content (AvgIpc) is 3.44. The van der Waals surface area contributed by atoms with Crippen LogP contribution in [0.5, 0.6) is 5.75 Å². The van der Waals surface area contributed by atoms with E-state index in [9.17, 15) is 4.79 Å². The molecule has 1 N–H and O–H groups in total. The van der Waals surface area contributed by atoms with Crippen LogP contribution in [0.15, 0.2) is 74.4 Å². The Morgan fingerprint density at radius 1 is 1.12 bits per heavy atom. The molecule has 0 saturated carbocycles. The van der Waals surface area contributed by atoms with Gasteiger partial charge in [0.25, 0.3) is 16.7 Å². The average molecular weight is 463 g/mol. The number of aromatic amines is 1. The number of fused-ring (bicyclic) bond motifs is 1. The maximum atomic E-state index is 12.7. The molecule has 0 atom stereocenters. The van der Waals surface area contributed by atoms with Gasteiger partial charge in [-0.05, 0) is 30.2 Å². The Bertz CT molecular complexity index is 1430. The molecule has 0 aliphatic heterocycles. The second kappa shape index (κ2) is 8.97. The van der Waals surface area contributed by atoms with Crippen molar-refractivity contribution in [2.75, 3.05) is 0 Å². The van der Waals surface area contributed by atoms with Gasteiger partial charge in [0.05, 0.1) is 11.1 Å². The van der Waals surface area contributed by atoms with Crippen molar-refractivity contribution < 1.29 is 9.15 Å². The smallest absolute Gasteiger partial charge is 0.277 e. The molecular weight excluding hydrogens is 444 g/mol. The Morgan fingerprint density at radius 2 is 2.00 bits per heavy atom. The van der Waals surface area contributed by atoms with Gasteiger partial charge in [-0.2, -0.15) is 0 Å². The molecular formula is C23H18N4O3S2. The maximum Gasteiger partial charge on any atom is 0.277 e. The number of nitrogens with one attached hydrogen (secondary N) is 1. The van der Waals surface area contributed by atoms with Crippen LogP contribution < -0.4 is 10.3 Å². The molecule has 32 heavy (non-hydrogen) atoms. The van der Waals surface area contributed by atoms with E-state index in [1.807, 2.05) is 66.9 Å². The van der Waals surface area contributed by atoms with Crippen LogP contribution in [0.1, 0.15) is 17.3 Å². The van der Waals surface area contributed by atoms with E-state index in [-0.39, 0.29) is 12.2 Å². The van der Waals surface area contributed by atoms with Gasteiger partial charge in [0.2, 0.25) is 0 Å². The summed E-state index contributed by atoms with van der Waals surface area (Å²) in [5, 5.41) is 11.0. The van der Waals surface area contributed by atoms with Crippen molar-refractivity contribution in [2.45, 2.75) is 24.5 Å². The second-order valence-electron chi connectivity index (χ2n) is 7.06. The quantitative estimate of drug-likeness (QED) is 0.332. The standard InChI is InChI=1S/C23H18N4O3S2/c1-14-6-5-9-16(10-14)29-11-19-26-27-23(30-19)32-13-18-24-21(28)20-17(12-31-22(20)25-18)15-7-3-2-4-8-15/h2-10,12H,11,13H2,1H3,(H,24,25,28). The molecule has 5 aromatic rings. The fourth-order valence-corrected chi connectivity index (χ4v) is 4.84. The van der Waals surface area contributed by atoms with Crippen LogP contribution in [-0.4, -0.2) is 20.2 Å². The molecule has 9 heteroatoms. The monoisotopic (exact) mass is 462 g/mol. The van der Waals surface area contributed by atoms with Gasteiger partial charge in [0.15, 0.2) is 6.61 Å². The van der Waals surface area contributed by atoms with E-state index >= 15 is 0 Å². The van der Waals surface area contributed by atoms with Gasteiger partial charge in [-0.1, -0.05) is 54.2 Å². The molecule has 0 saturated heterocycles. The van der Waals surface area contributed by atoms with E-state index in [1.165, 1.54) is 23.1 Å². The third kappa shape index (κ3) is 4.44. The molecule has 160 valence electrons. The van der Waals surface area contributed by atoms with Crippen LogP contribution in [-0.2, 0) is 12.4 Å². The molecule has 2 aromatic carbocycles. The summed E-state index contributed by atoms with van der Waals surface area (Å²) in [6.07, 6.45) is 0. The van der Waals surface area contributed by atoms with Gasteiger partial charge >= 0.3 is 0 Å². The van der Waals surface area contributed by atoms with Crippen LogP contribution in [0.3, 0.4) is 0 Å². The number of aryl methyl sites for hydroxylation is 1. The zero-order valence-corrected chi connectivity index (χ0v) is 18.7. The number of hydrogen-bond donors (Lipinski definition) is 1. The number of hydrogen-bond acceptors (Lipinski definition) is 8. The summed E-state index contributed by atoms with van der Waals surface area (Å²) in [5.41, 5.74) is 2.86. The SMILES string of the molecule is Cc1cccc(OCc2nnc(SCc3nc4scc(-c5ccccc5)c4c(=O)[nH]3)o2)c1. The van der Waals surface area contributed by atoms with Crippen molar-refractivity contribution in [3.05, 3.63) is 87.6 Å². The number of ether oxygens (including phenoxy) is 1. The van der Waals surface area contributed by atoms with Crippen LogP contribution in [0, 0.1) is 6.92 Å². The van der Waals surface area contributed by atoms with E-state index in [0.29, 0.717) is 32.9 Å². The van der Waals surface area contributed by atoms with Gasteiger partial charge in [-0.3, -0.25) is 4.79 Å². The molecule has 0 spiro atoms. The third-order valence-electron chi connectivity index (χ3n) is 4.71. The largest absolute Gasteiger partial charge is 0.484 e. The lowest BCUT2D eigenvalue weighted by Crippen LogP contribution is -2.10. The highest BCUT2D eigenvalue weighted by atomic mass is 32.2. The zero-order valence-electron chi connectivity index (χ0n) is 17.1. The first-order chi connectivity index (χ1) is 15.7. The van der Waals surface area contributed by atoms with Gasteiger partial charge in [-0.15, -0.1) is 21.5 Å². The minimum atomic E-state index is -0.150. The first-order valence-electron chi connectivity index (χ1n) is 9.86. The summed E-state index contributed by atoms with van der Waals surface area (Å²) in [6, 6.07) is 17.6. The number of H-pyrrole nitrogens is 1. The Labute approximate surface area is 191 Å². The van der Waals surface area contributed by atoms with E-state index in [1.54, 1.807) is 0 Å². The molecule has 3 heterocycles. The summed E-state index contributed by atoms with van der Waals surface area (Å²) in [7, 11) is 0. The van der Waals surface area contributed by atoms with Gasteiger partial charge < -0.3 is 14.1 Å². The fourth-order valence-electron chi connectivity index (χ4n) is 3.23. The summed E-state index contributed by atoms with van der Waals surface area (Å²) >= 11 is 2.78. The lowest BCUT2D eigenvalue weighted by molar-refractivity contribution is 0.252. The number of rotatable bonds is 7. The van der Waals surface area contributed by atoms with Crippen molar-refractivity contribution in [3.8, 4) is 16.9 Å². The van der Waals surface area contributed by atoms with Crippen molar-refractivity contribution in [1.29, 1.82) is 0 Å². The number of nitrogens with zero attached hydrogens (tertiary/aromatic N) is 3. The number of thioether (sulfide) groups is 1. The molecule has 0 aliphatic rings. The maximum absolute atomic E-state index is 12.7. The fraction of sp³-hybridized carbons (Fsp3) is 0.130. The molecule has 0 unspecified atom stereocenters. The van der Waals surface area contributed by atoms with Crippen LogP contribution in [0.2, 0.25) is 0 Å². The van der Waals surface area contributed by atoms with Crippen molar-refractivity contribution in [3.63, 3.8) is 0 Å². The molecule has 7 nitrogen and oxygen atoms in total.